The maximum absolute atomic E-state index is 13.2. The minimum atomic E-state index is -0.451. The van der Waals surface area contributed by atoms with E-state index in [1.807, 2.05) is 45.0 Å². The Labute approximate surface area is 181 Å². The van der Waals surface area contributed by atoms with E-state index in [1.54, 1.807) is 4.90 Å². The van der Waals surface area contributed by atoms with E-state index in [1.165, 1.54) is 11.1 Å². The van der Waals surface area contributed by atoms with E-state index in [9.17, 15) is 9.59 Å². The van der Waals surface area contributed by atoms with Crippen LogP contribution in [0.3, 0.4) is 0 Å². The van der Waals surface area contributed by atoms with Gasteiger partial charge in [0.1, 0.15) is 6.04 Å². The lowest BCUT2D eigenvalue weighted by atomic mass is 10.0. The molecule has 2 aromatic rings. The number of hydrogen-bond acceptors (Lipinski definition) is 2. The molecular weight excluding hydrogens is 372 g/mol. The molecule has 1 atom stereocenters. The summed E-state index contributed by atoms with van der Waals surface area (Å²) < 4.78 is 0. The SMILES string of the molecule is CCCNC(=O)[C@H](CC)N(Cc1ccc(C)cc1)C(=O)CCc1ccc(CC)cc1. The van der Waals surface area contributed by atoms with Crippen LogP contribution < -0.4 is 5.32 Å². The Bertz CT molecular complexity index is 797. The van der Waals surface area contributed by atoms with E-state index in [0.717, 1.165) is 24.0 Å². The van der Waals surface area contributed by atoms with Crippen LogP contribution in [0.5, 0.6) is 0 Å². The maximum atomic E-state index is 13.2. The van der Waals surface area contributed by atoms with E-state index >= 15 is 0 Å². The summed E-state index contributed by atoms with van der Waals surface area (Å²) in [6, 6.07) is 16.2. The fraction of sp³-hybridized carbons (Fsp3) is 0.462. The Kier molecular flexibility index (Phi) is 9.59. The lowest BCUT2D eigenvalue weighted by molar-refractivity contribution is -0.141. The van der Waals surface area contributed by atoms with Crippen molar-refractivity contribution in [2.45, 2.75) is 72.4 Å². The van der Waals surface area contributed by atoms with Crippen molar-refractivity contribution in [3.8, 4) is 0 Å². The number of rotatable bonds is 11. The lowest BCUT2D eigenvalue weighted by Gasteiger charge is -2.31. The molecule has 0 aliphatic rings. The van der Waals surface area contributed by atoms with Gasteiger partial charge in [0.2, 0.25) is 11.8 Å². The molecule has 0 saturated carbocycles. The minimum absolute atomic E-state index is 0.0219. The number of hydrogen-bond donors (Lipinski definition) is 1. The second-order valence-corrected chi connectivity index (χ2v) is 7.89. The van der Waals surface area contributed by atoms with Crippen LogP contribution in [0.25, 0.3) is 0 Å². The topological polar surface area (TPSA) is 49.4 Å². The van der Waals surface area contributed by atoms with Gasteiger partial charge in [-0.3, -0.25) is 9.59 Å². The number of carbonyl (C=O) groups is 2. The molecule has 0 aliphatic heterocycles. The minimum Gasteiger partial charge on any atom is -0.354 e. The first-order chi connectivity index (χ1) is 14.5. The first-order valence-corrected chi connectivity index (χ1v) is 11.2. The first-order valence-electron chi connectivity index (χ1n) is 11.2. The van der Waals surface area contributed by atoms with Gasteiger partial charge in [-0.1, -0.05) is 74.9 Å². The van der Waals surface area contributed by atoms with Gasteiger partial charge in [0.05, 0.1) is 0 Å². The molecule has 0 aliphatic carbocycles. The zero-order valence-corrected chi connectivity index (χ0v) is 18.9. The first kappa shape index (κ1) is 23.7. The normalized spacial score (nSPS) is 11.7. The number of carbonyl (C=O) groups excluding carboxylic acids is 2. The van der Waals surface area contributed by atoms with Crippen molar-refractivity contribution < 1.29 is 9.59 Å². The van der Waals surface area contributed by atoms with E-state index in [0.29, 0.717) is 32.4 Å². The lowest BCUT2D eigenvalue weighted by Crippen LogP contribution is -2.49. The molecule has 0 aromatic heterocycles. The Hall–Kier alpha value is -2.62. The van der Waals surface area contributed by atoms with Crippen LogP contribution in [-0.2, 0) is 29.0 Å². The quantitative estimate of drug-likeness (QED) is 0.579. The Morgan fingerprint density at radius 3 is 2.07 bits per heavy atom. The zero-order chi connectivity index (χ0) is 21.9. The van der Waals surface area contributed by atoms with Gasteiger partial charge in [0, 0.05) is 19.5 Å². The molecule has 0 unspecified atom stereocenters. The van der Waals surface area contributed by atoms with E-state index in [-0.39, 0.29) is 11.8 Å². The van der Waals surface area contributed by atoms with Crippen LogP contribution in [0, 0.1) is 6.92 Å². The molecule has 0 spiro atoms. The second-order valence-electron chi connectivity index (χ2n) is 7.89. The summed E-state index contributed by atoms with van der Waals surface area (Å²) in [4.78, 5) is 27.8. The van der Waals surface area contributed by atoms with Gasteiger partial charge in [0.25, 0.3) is 0 Å². The van der Waals surface area contributed by atoms with Gasteiger partial charge in [-0.25, -0.2) is 0 Å². The van der Waals surface area contributed by atoms with Crippen molar-refractivity contribution in [2.75, 3.05) is 6.54 Å². The average molecular weight is 409 g/mol. The van der Waals surface area contributed by atoms with Crippen LogP contribution in [0.15, 0.2) is 48.5 Å². The molecule has 0 radical (unpaired) electrons. The number of amides is 2. The highest BCUT2D eigenvalue weighted by Crippen LogP contribution is 2.16. The van der Waals surface area contributed by atoms with Gasteiger partial charge >= 0.3 is 0 Å². The third-order valence-electron chi connectivity index (χ3n) is 5.47. The highest BCUT2D eigenvalue weighted by Gasteiger charge is 2.28. The van der Waals surface area contributed by atoms with Gasteiger partial charge < -0.3 is 10.2 Å². The molecule has 0 saturated heterocycles. The molecule has 4 nitrogen and oxygen atoms in total. The highest BCUT2D eigenvalue weighted by molar-refractivity contribution is 5.87. The predicted octanol–water partition coefficient (Wildman–Crippen LogP) is 4.82. The summed E-state index contributed by atoms with van der Waals surface area (Å²) in [6.07, 6.45) is 3.56. The summed E-state index contributed by atoms with van der Waals surface area (Å²) in [5.41, 5.74) is 4.67. The number of benzene rings is 2. The molecule has 2 amide bonds. The molecule has 0 bridgehead atoms. The number of nitrogens with zero attached hydrogens (tertiary/aromatic N) is 1. The van der Waals surface area contributed by atoms with Crippen molar-refractivity contribution in [3.05, 3.63) is 70.8 Å². The smallest absolute Gasteiger partial charge is 0.242 e. The largest absolute Gasteiger partial charge is 0.354 e. The molecular formula is C26H36N2O2. The van der Waals surface area contributed by atoms with Gasteiger partial charge in [-0.05, 0) is 49.3 Å². The standard InChI is InChI=1S/C26H36N2O2/c1-5-18-27-26(30)24(7-3)28(19-23-10-8-20(4)9-11-23)25(29)17-16-22-14-12-21(6-2)13-15-22/h8-15,24H,5-7,16-19H2,1-4H3,(H,27,30)/t24-/m0/s1. The van der Waals surface area contributed by atoms with Crippen molar-refractivity contribution in [2.24, 2.45) is 0 Å². The summed E-state index contributed by atoms with van der Waals surface area (Å²) in [6.45, 7) is 9.26. The molecule has 0 heterocycles. The summed E-state index contributed by atoms with van der Waals surface area (Å²) in [5, 5.41) is 2.97. The van der Waals surface area contributed by atoms with Crippen molar-refractivity contribution in [1.29, 1.82) is 0 Å². The van der Waals surface area contributed by atoms with Crippen molar-refractivity contribution >= 4 is 11.8 Å². The van der Waals surface area contributed by atoms with Crippen LogP contribution in [-0.4, -0.2) is 29.3 Å². The van der Waals surface area contributed by atoms with Crippen LogP contribution in [0.4, 0.5) is 0 Å². The molecule has 30 heavy (non-hydrogen) atoms. The van der Waals surface area contributed by atoms with Crippen LogP contribution in [0.2, 0.25) is 0 Å². The second kappa shape index (κ2) is 12.2. The van der Waals surface area contributed by atoms with E-state index < -0.39 is 6.04 Å². The number of aryl methyl sites for hydroxylation is 3. The number of nitrogens with one attached hydrogen (secondary N) is 1. The molecule has 1 N–H and O–H groups in total. The molecule has 4 heteroatoms. The Balaban J connectivity index is 2.15. The summed E-state index contributed by atoms with van der Waals surface area (Å²) in [5.74, 6) is -0.0410. The fourth-order valence-corrected chi connectivity index (χ4v) is 3.51. The molecule has 0 fully saturated rings. The fourth-order valence-electron chi connectivity index (χ4n) is 3.51. The Morgan fingerprint density at radius 1 is 0.900 bits per heavy atom. The van der Waals surface area contributed by atoms with Crippen LogP contribution >= 0.6 is 0 Å². The van der Waals surface area contributed by atoms with Gasteiger partial charge in [-0.15, -0.1) is 0 Å². The van der Waals surface area contributed by atoms with Gasteiger partial charge in [0.15, 0.2) is 0 Å². The third kappa shape index (κ3) is 7.01. The summed E-state index contributed by atoms with van der Waals surface area (Å²) in [7, 11) is 0. The van der Waals surface area contributed by atoms with Gasteiger partial charge in [-0.2, -0.15) is 0 Å². The average Bonchev–Trinajstić information content (AvgIpc) is 2.77. The van der Waals surface area contributed by atoms with Crippen molar-refractivity contribution in [3.63, 3.8) is 0 Å². The molecule has 2 aromatic carbocycles. The maximum Gasteiger partial charge on any atom is 0.242 e. The summed E-state index contributed by atoms with van der Waals surface area (Å²) >= 11 is 0. The third-order valence-corrected chi connectivity index (χ3v) is 5.47. The monoisotopic (exact) mass is 408 g/mol. The highest BCUT2D eigenvalue weighted by atomic mass is 16.2. The Morgan fingerprint density at radius 2 is 1.50 bits per heavy atom. The molecule has 162 valence electrons. The predicted molar refractivity (Wildman–Crippen MR) is 123 cm³/mol. The van der Waals surface area contributed by atoms with E-state index in [4.69, 9.17) is 0 Å². The van der Waals surface area contributed by atoms with Crippen LogP contribution in [0.1, 0.15) is 62.3 Å². The zero-order valence-electron chi connectivity index (χ0n) is 18.9. The van der Waals surface area contributed by atoms with E-state index in [2.05, 4.69) is 36.5 Å². The van der Waals surface area contributed by atoms with Crippen molar-refractivity contribution in [1.82, 2.24) is 10.2 Å². The molecule has 2 rings (SSSR count).